The van der Waals surface area contributed by atoms with Gasteiger partial charge in [0.2, 0.25) is 5.91 Å². The summed E-state index contributed by atoms with van der Waals surface area (Å²) in [5.74, 6) is -0.0221. The second-order valence-corrected chi connectivity index (χ2v) is 8.57. The first-order valence-corrected chi connectivity index (χ1v) is 10.9. The molecule has 3 aromatic rings. The molecule has 4 rings (SSSR count). The van der Waals surface area contributed by atoms with Crippen LogP contribution in [0.3, 0.4) is 0 Å². The molecule has 0 saturated carbocycles. The highest BCUT2D eigenvalue weighted by Gasteiger charge is 2.29. The molecule has 0 N–H and O–H groups in total. The van der Waals surface area contributed by atoms with Crippen LogP contribution in [0.4, 0.5) is 10.1 Å². The van der Waals surface area contributed by atoms with Crippen LogP contribution in [0.1, 0.15) is 6.92 Å². The first kappa shape index (κ1) is 21.1. The summed E-state index contributed by atoms with van der Waals surface area (Å²) >= 11 is 8.15. The van der Waals surface area contributed by atoms with E-state index in [1.807, 2.05) is 28.9 Å². The Labute approximate surface area is 191 Å². The number of methoxy groups -OCH3 is 1. The van der Waals surface area contributed by atoms with Crippen molar-refractivity contribution in [2.45, 2.75) is 19.5 Å². The molecular weight excluding hydrogens is 524 g/mol. The topological polar surface area (TPSA) is 63.5 Å². The third-order valence-corrected chi connectivity index (χ3v) is 6.35. The van der Waals surface area contributed by atoms with E-state index in [1.165, 1.54) is 13.2 Å². The highest BCUT2D eigenvalue weighted by Crippen LogP contribution is 2.33. The maximum absolute atomic E-state index is 14.5. The number of amides is 1. The van der Waals surface area contributed by atoms with Crippen LogP contribution in [0.25, 0.3) is 11.0 Å². The van der Waals surface area contributed by atoms with Crippen LogP contribution in [0.5, 0.6) is 5.75 Å². The Hall–Kier alpha value is -2.14. The van der Waals surface area contributed by atoms with Crippen molar-refractivity contribution in [3.05, 3.63) is 45.0 Å². The second-order valence-electron chi connectivity index (χ2n) is 7.14. The number of carbonyl (C=O) groups is 1. The number of carbonyl (C=O) groups excluding carboxylic acids is 1. The molecular formula is C20H20ClFIN5O2. The molecule has 1 fully saturated rings. The second kappa shape index (κ2) is 8.54. The number of piperazine rings is 1. The Morgan fingerprint density at radius 1 is 1.40 bits per heavy atom. The summed E-state index contributed by atoms with van der Waals surface area (Å²) in [7, 11) is 1.50. The lowest BCUT2D eigenvalue weighted by atomic mass is 10.1. The van der Waals surface area contributed by atoms with Gasteiger partial charge >= 0.3 is 0 Å². The van der Waals surface area contributed by atoms with Crippen molar-refractivity contribution in [2.75, 3.05) is 31.6 Å². The van der Waals surface area contributed by atoms with Crippen molar-refractivity contribution in [1.82, 2.24) is 19.7 Å². The number of fused-ring (bicyclic) bond motifs is 1. The number of anilines is 1. The van der Waals surface area contributed by atoms with Crippen molar-refractivity contribution in [3.8, 4) is 5.75 Å². The fourth-order valence-corrected chi connectivity index (χ4v) is 4.67. The smallest absolute Gasteiger partial charge is 0.244 e. The molecule has 1 amide bonds. The summed E-state index contributed by atoms with van der Waals surface area (Å²) in [4.78, 5) is 21.1. The van der Waals surface area contributed by atoms with E-state index >= 15 is 0 Å². The number of hydrogen-bond donors (Lipinski definition) is 0. The fraction of sp³-hybridized carbons (Fsp3) is 0.350. The number of nitrogens with zero attached hydrogens (tertiary/aromatic N) is 5. The van der Waals surface area contributed by atoms with E-state index in [0.29, 0.717) is 36.7 Å². The molecule has 0 bridgehead atoms. The SMILES string of the molecule is COc1cc(N2CCN(C(=O)Cn3nc(I)c4cccnc43)C(C)C2)c(F)cc1Cl. The number of halogens is 3. The van der Waals surface area contributed by atoms with E-state index < -0.39 is 5.82 Å². The van der Waals surface area contributed by atoms with E-state index in [0.717, 1.165) is 9.09 Å². The zero-order chi connectivity index (χ0) is 21.4. The molecule has 1 unspecified atom stereocenters. The van der Waals surface area contributed by atoms with E-state index in [1.54, 1.807) is 16.9 Å². The van der Waals surface area contributed by atoms with Gasteiger partial charge in [-0.1, -0.05) is 11.6 Å². The van der Waals surface area contributed by atoms with Gasteiger partial charge in [-0.2, -0.15) is 5.10 Å². The van der Waals surface area contributed by atoms with E-state index in [2.05, 4.69) is 32.7 Å². The van der Waals surface area contributed by atoms with Crippen molar-refractivity contribution < 1.29 is 13.9 Å². The van der Waals surface area contributed by atoms with Crippen LogP contribution in [-0.4, -0.2) is 58.4 Å². The van der Waals surface area contributed by atoms with E-state index in [9.17, 15) is 9.18 Å². The van der Waals surface area contributed by atoms with Crippen molar-refractivity contribution in [3.63, 3.8) is 0 Å². The average molecular weight is 544 g/mol. The van der Waals surface area contributed by atoms with Crippen LogP contribution < -0.4 is 9.64 Å². The van der Waals surface area contributed by atoms with Gasteiger partial charge in [-0.05, 0) is 47.7 Å². The van der Waals surface area contributed by atoms with Crippen molar-refractivity contribution in [1.29, 1.82) is 0 Å². The van der Waals surface area contributed by atoms with Crippen LogP contribution in [0.15, 0.2) is 30.5 Å². The molecule has 3 heterocycles. The highest BCUT2D eigenvalue weighted by molar-refractivity contribution is 14.1. The zero-order valence-electron chi connectivity index (χ0n) is 16.5. The Kier molecular flexibility index (Phi) is 6.01. The Balaban J connectivity index is 1.49. The monoisotopic (exact) mass is 543 g/mol. The Bertz CT molecular complexity index is 1110. The predicted octanol–water partition coefficient (Wildman–Crippen LogP) is 3.57. The van der Waals surface area contributed by atoms with Gasteiger partial charge in [-0.25, -0.2) is 14.1 Å². The minimum Gasteiger partial charge on any atom is -0.495 e. The number of ether oxygens (including phenoxy) is 1. The first-order chi connectivity index (χ1) is 14.4. The first-order valence-electron chi connectivity index (χ1n) is 9.43. The van der Waals surface area contributed by atoms with Crippen LogP contribution in [0.2, 0.25) is 5.02 Å². The number of benzene rings is 1. The maximum Gasteiger partial charge on any atom is 0.244 e. The van der Waals surface area contributed by atoms with Gasteiger partial charge in [0.15, 0.2) is 5.65 Å². The number of aromatic nitrogens is 3. The minimum atomic E-state index is -0.406. The van der Waals surface area contributed by atoms with Gasteiger partial charge in [0.25, 0.3) is 0 Å². The Morgan fingerprint density at radius 3 is 2.93 bits per heavy atom. The molecule has 1 aliphatic heterocycles. The molecule has 7 nitrogen and oxygen atoms in total. The molecule has 1 aromatic carbocycles. The molecule has 0 radical (unpaired) electrons. The quantitative estimate of drug-likeness (QED) is 0.471. The van der Waals surface area contributed by atoms with Crippen LogP contribution >= 0.6 is 34.2 Å². The van der Waals surface area contributed by atoms with Gasteiger partial charge in [0, 0.05) is 37.9 Å². The van der Waals surface area contributed by atoms with Gasteiger partial charge in [0.1, 0.15) is 21.8 Å². The summed E-state index contributed by atoms with van der Waals surface area (Å²) in [6.07, 6.45) is 1.69. The van der Waals surface area contributed by atoms with Gasteiger partial charge in [-0.15, -0.1) is 0 Å². The lowest BCUT2D eigenvalue weighted by Gasteiger charge is -2.41. The van der Waals surface area contributed by atoms with Gasteiger partial charge in [-0.3, -0.25) is 4.79 Å². The zero-order valence-corrected chi connectivity index (χ0v) is 19.4. The molecule has 10 heteroatoms. The number of hydrogen-bond acceptors (Lipinski definition) is 5. The third-order valence-electron chi connectivity index (χ3n) is 5.26. The Morgan fingerprint density at radius 2 is 2.20 bits per heavy atom. The summed E-state index contributed by atoms with van der Waals surface area (Å²) in [6, 6.07) is 6.56. The predicted molar refractivity (Wildman–Crippen MR) is 122 cm³/mol. The lowest BCUT2D eigenvalue weighted by Crippen LogP contribution is -2.55. The fourth-order valence-electron chi connectivity index (χ4n) is 3.76. The maximum atomic E-state index is 14.5. The lowest BCUT2D eigenvalue weighted by molar-refractivity contribution is -0.134. The van der Waals surface area contributed by atoms with Crippen LogP contribution in [-0.2, 0) is 11.3 Å². The normalized spacial score (nSPS) is 16.9. The summed E-state index contributed by atoms with van der Waals surface area (Å²) in [6.45, 7) is 3.56. The molecule has 1 saturated heterocycles. The summed E-state index contributed by atoms with van der Waals surface area (Å²) < 4.78 is 22.2. The standard InChI is InChI=1S/C20H20ClFIN5O2/c1-12-10-26(16-9-17(30-2)14(21)8-15(16)22)6-7-27(12)18(29)11-28-20-13(19(23)25-28)4-3-5-24-20/h3-5,8-9,12H,6-7,10-11H2,1-2H3. The molecule has 1 atom stereocenters. The molecule has 2 aromatic heterocycles. The van der Waals surface area contributed by atoms with E-state index in [-0.39, 0.29) is 23.5 Å². The van der Waals surface area contributed by atoms with Gasteiger partial charge in [0.05, 0.1) is 23.2 Å². The third kappa shape index (κ3) is 3.92. The van der Waals surface area contributed by atoms with Crippen molar-refractivity contribution in [2.24, 2.45) is 0 Å². The van der Waals surface area contributed by atoms with E-state index in [4.69, 9.17) is 16.3 Å². The van der Waals surface area contributed by atoms with Gasteiger partial charge < -0.3 is 14.5 Å². The summed E-state index contributed by atoms with van der Waals surface area (Å²) in [5.41, 5.74) is 1.11. The minimum absolute atomic E-state index is 0.0391. The molecule has 30 heavy (non-hydrogen) atoms. The number of rotatable bonds is 4. The summed E-state index contributed by atoms with van der Waals surface area (Å²) in [5, 5.41) is 5.62. The molecule has 0 aliphatic carbocycles. The van der Waals surface area contributed by atoms with Crippen molar-refractivity contribution >= 4 is 56.8 Å². The van der Waals surface area contributed by atoms with Crippen LogP contribution in [0, 0.1) is 9.52 Å². The molecule has 158 valence electrons. The molecule has 1 aliphatic rings. The number of pyridine rings is 1. The molecule has 0 spiro atoms. The highest BCUT2D eigenvalue weighted by atomic mass is 127. The average Bonchev–Trinajstić information content (AvgIpc) is 3.03. The largest absolute Gasteiger partial charge is 0.495 e.